The van der Waals surface area contributed by atoms with Gasteiger partial charge in [0.25, 0.3) is 0 Å². The lowest BCUT2D eigenvalue weighted by atomic mass is 10.1. The van der Waals surface area contributed by atoms with Crippen LogP contribution in [0.25, 0.3) is 0 Å². The number of nitrogens with zero attached hydrogens (tertiary/aromatic N) is 3. The van der Waals surface area contributed by atoms with Gasteiger partial charge in [0.1, 0.15) is 0 Å². The predicted molar refractivity (Wildman–Crippen MR) is 119 cm³/mol. The third-order valence-corrected chi connectivity index (χ3v) is 5.83. The lowest BCUT2D eigenvalue weighted by molar-refractivity contribution is -0.134. The van der Waals surface area contributed by atoms with Crippen LogP contribution in [0.4, 0.5) is 0 Å². The van der Waals surface area contributed by atoms with E-state index in [1.165, 1.54) is 24.0 Å². The number of nitrogens with one attached hydrogen (secondary N) is 2. The van der Waals surface area contributed by atoms with E-state index in [1.54, 1.807) is 0 Å². The highest BCUT2D eigenvalue weighted by molar-refractivity contribution is 5.81. The average molecular weight is 400 g/mol. The zero-order valence-corrected chi connectivity index (χ0v) is 18.3. The standard InChI is InChI=1S/C23H37N5O/c1-4-24-23(25-15-18-9-11-19(12-10-18)16-27(2)3)26-21-13-14-28(17-21)22(29)20-7-5-6-8-20/h9-12,20-21H,4-8,13-17H2,1-3H3,(H2,24,25,26). The molecule has 1 aromatic rings. The van der Waals surface area contributed by atoms with Crippen LogP contribution < -0.4 is 10.6 Å². The highest BCUT2D eigenvalue weighted by Crippen LogP contribution is 2.27. The Balaban J connectivity index is 1.52. The van der Waals surface area contributed by atoms with Gasteiger partial charge in [0.05, 0.1) is 6.54 Å². The minimum absolute atomic E-state index is 0.270. The van der Waals surface area contributed by atoms with Crippen LogP contribution in [0.3, 0.4) is 0 Å². The quantitative estimate of drug-likeness (QED) is 0.547. The molecule has 3 rings (SSSR count). The van der Waals surface area contributed by atoms with Crippen molar-refractivity contribution in [3.05, 3.63) is 35.4 Å². The number of carbonyl (C=O) groups excluding carboxylic acids is 1. The highest BCUT2D eigenvalue weighted by atomic mass is 16.2. The summed E-state index contributed by atoms with van der Waals surface area (Å²) in [6.07, 6.45) is 5.55. The molecule has 160 valence electrons. The normalized spacial score (nSPS) is 20.5. The van der Waals surface area contributed by atoms with Crippen LogP contribution >= 0.6 is 0 Å². The zero-order chi connectivity index (χ0) is 20.6. The van der Waals surface area contributed by atoms with Crippen molar-refractivity contribution in [2.24, 2.45) is 10.9 Å². The number of rotatable bonds is 7. The Morgan fingerprint density at radius 3 is 2.48 bits per heavy atom. The molecule has 6 nitrogen and oxygen atoms in total. The molecular weight excluding hydrogens is 362 g/mol. The number of hydrogen-bond donors (Lipinski definition) is 2. The van der Waals surface area contributed by atoms with Crippen LogP contribution in [-0.2, 0) is 17.9 Å². The second-order valence-corrected chi connectivity index (χ2v) is 8.65. The number of guanidine groups is 1. The summed E-state index contributed by atoms with van der Waals surface area (Å²) in [4.78, 5) is 21.7. The van der Waals surface area contributed by atoms with Gasteiger partial charge in [-0.25, -0.2) is 4.99 Å². The molecule has 1 atom stereocenters. The molecular formula is C23H37N5O. The summed E-state index contributed by atoms with van der Waals surface area (Å²) in [5, 5.41) is 6.88. The minimum Gasteiger partial charge on any atom is -0.357 e. The zero-order valence-electron chi connectivity index (χ0n) is 18.3. The molecule has 1 saturated carbocycles. The molecule has 1 aromatic carbocycles. The first-order chi connectivity index (χ1) is 14.0. The van der Waals surface area contributed by atoms with Crippen LogP contribution in [0.15, 0.2) is 29.3 Å². The van der Waals surface area contributed by atoms with E-state index >= 15 is 0 Å². The fourth-order valence-corrected chi connectivity index (χ4v) is 4.31. The molecule has 0 bridgehead atoms. The second kappa shape index (κ2) is 10.6. The van der Waals surface area contributed by atoms with Gasteiger partial charge in [-0.05, 0) is 51.4 Å². The molecule has 1 unspecified atom stereocenters. The van der Waals surface area contributed by atoms with Gasteiger partial charge >= 0.3 is 0 Å². The molecule has 0 aromatic heterocycles. The Morgan fingerprint density at radius 2 is 1.83 bits per heavy atom. The highest BCUT2D eigenvalue weighted by Gasteiger charge is 2.32. The van der Waals surface area contributed by atoms with Gasteiger partial charge in [0.2, 0.25) is 5.91 Å². The van der Waals surface area contributed by atoms with Crippen molar-refractivity contribution >= 4 is 11.9 Å². The van der Waals surface area contributed by atoms with E-state index in [1.807, 2.05) is 0 Å². The van der Waals surface area contributed by atoms with Gasteiger partial charge in [-0.2, -0.15) is 0 Å². The van der Waals surface area contributed by atoms with Crippen molar-refractivity contribution in [1.29, 1.82) is 0 Å². The topological polar surface area (TPSA) is 60.0 Å². The lowest BCUT2D eigenvalue weighted by Crippen LogP contribution is -2.45. The summed E-state index contributed by atoms with van der Waals surface area (Å²) in [5.74, 6) is 1.47. The summed E-state index contributed by atoms with van der Waals surface area (Å²) < 4.78 is 0. The molecule has 1 aliphatic heterocycles. The Kier molecular flexibility index (Phi) is 7.92. The molecule has 2 aliphatic rings. The second-order valence-electron chi connectivity index (χ2n) is 8.65. The number of likely N-dealkylation sites (tertiary alicyclic amines) is 1. The van der Waals surface area contributed by atoms with Crippen molar-refractivity contribution in [2.45, 2.75) is 58.2 Å². The first kappa shape index (κ1) is 21.6. The van der Waals surface area contributed by atoms with Gasteiger partial charge in [-0.15, -0.1) is 0 Å². The van der Waals surface area contributed by atoms with Crippen LogP contribution in [0.2, 0.25) is 0 Å². The number of hydrogen-bond acceptors (Lipinski definition) is 3. The molecule has 2 fully saturated rings. The molecule has 6 heteroatoms. The largest absolute Gasteiger partial charge is 0.357 e. The third-order valence-electron chi connectivity index (χ3n) is 5.83. The van der Waals surface area contributed by atoms with Crippen molar-refractivity contribution < 1.29 is 4.79 Å². The van der Waals surface area contributed by atoms with Gasteiger partial charge in [0.15, 0.2) is 5.96 Å². The average Bonchev–Trinajstić information content (AvgIpc) is 3.39. The third kappa shape index (κ3) is 6.46. The van der Waals surface area contributed by atoms with Crippen molar-refractivity contribution in [3.63, 3.8) is 0 Å². The summed E-state index contributed by atoms with van der Waals surface area (Å²) >= 11 is 0. The van der Waals surface area contributed by atoms with E-state index in [4.69, 9.17) is 4.99 Å². The van der Waals surface area contributed by atoms with Crippen molar-refractivity contribution in [1.82, 2.24) is 20.4 Å². The molecule has 2 N–H and O–H groups in total. The smallest absolute Gasteiger partial charge is 0.225 e. The van der Waals surface area contributed by atoms with Gasteiger partial charge < -0.3 is 20.4 Å². The monoisotopic (exact) mass is 399 g/mol. The fourth-order valence-electron chi connectivity index (χ4n) is 4.31. The van der Waals surface area contributed by atoms with Crippen molar-refractivity contribution in [2.75, 3.05) is 33.7 Å². The SMILES string of the molecule is CCNC(=NCc1ccc(CN(C)C)cc1)NC1CCN(C(=O)C2CCCC2)C1. The van der Waals surface area contributed by atoms with Crippen LogP contribution in [0, 0.1) is 5.92 Å². The molecule has 1 heterocycles. The molecule has 1 aliphatic carbocycles. The minimum atomic E-state index is 0.270. The Labute approximate surface area is 175 Å². The van der Waals surface area contributed by atoms with Gasteiger partial charge in [-0.3, -0.25) is 4.79 Å². The Morgan fingerprint density at radius 1 is 1.14 bits per heavy atom. The Bertz CT molecular complexity index is 679. The number of amides is 1. The number of benzene rings is 1. The van der Waals surface area contributed by atoms with Crippen molar-refractivity contribution in [3.8, 4) is 0 Å². The maximum Gasteiger partial charge on any atom is 0.225 e. The van der Waals surface area contributed by atoms with E-state index in [-0.39, 0.29) is 12.0 Å². The number of aliphatic imine (C=N–C) groups is 1. The maximum absolute atomic E-state index is 12.7. The first-order valence-corrected chi connectivity index (χ1v) is 11.1. The fraction of sp³-hybridized carbons (Fsp3) is 0.652. The summed E-state index contributed by atoms with van der Waals surface area (Å²) in [5.41, 5.74) is 2.51. The van der Waals surface area contributed by atoms with Crippen LogP contribution in [0.1, 0.15) is 50.2 Å². The van der Waals surface area contributed by atoms with E-state index in [9.17, 15) is 4.79 Å². The van der Waals surface area contributed by atoms with Crippen LogP contribution in [0.5, 0.6) is 0 Å². The molecule has 0 radical (unpaired) electrons. The van der Waals surface area contributed by atoms with E-state index in [0.717, 1.165) is 51.4 Å². The van der Waals surface area contributed by atoms with Gasteiger partial charge in [-0.1, -0.05) is 37.1 Å². The maximum atomic E-state index is 12.7. The molecule has 0 spiro atoms. The Hall–Kier alpha value is -2.08. The van der Waals surface area contributed by atoms with Gasteiger partial charge in [0, 0.05) is 38.1 Å². The molecule has 29 heavy (non-hydrogen) atoms. The van der Waals surface area contributed by atoms with E-state index in [0.29, 0.717) is 12.5 Å². The van der Waals surface area contributed by atoms with E-state index < -0.39 is 0 Å². The summed E-state index contributed by atoms with van der Waals surface area (Å²) in [6.45, 7) is 6.15. The molecule has 1 amide bonds. The van der Waals surface area contributed by atoms with Crippen LogP contribution in [-0.4, -0.2) is 61.4 Å². The lowest BCUT2D eigenvalue weighted by Gasteiger charge is -2.21. The molecule has 1 saturated heterocycles. The van der Waals surface area contributed by atoms with E-state index in [2.05, 4.69) is 65.7 Å². The number of carbonyl (C=O) groups is 1. The first-order valence-electron chi connectivity index (χ1n) is 11.1. The summed E-state index contributed by atoms with van der Waals surface area (Å²) in [7, 11) is 4.16. The summed E-state index contributed by atoms with van der Waals surface area (Å²) in [6, 6.07) is 8.94. The predicted octanol–water partition coefficient (Wildman–Crippen LogP) is 2.59.